The van der Waals surface area contributed by atoms with Crippen LogP contribution in [0.2, 0.25) is 5.02 Å². The first-order valence-corrected chi connectivity index (χ1v) is 12.8. The van der Waals surface area contributed by atoms with Crippen LogP contribution < -0.4 is 15.4 Å². The third-order valence-corrected chi connectivity index (χ3v) is 6.71. The summed E-state index contributed by atoms with van der Waals surface area (Å²) in [6.45, 7) is 2.61. The molecule has 1 fully saturated rings. The van der Waals surface area contributed by atoms with Gasteiger partial charge in [0.05, 0.1) is 75.7 Å². The highest BCUT2D eigenvalue weighted by Crippen LogP contribution is 2.42. The topological polar surface area (TPSA) is 166 Å². The Labute approximate surface area is 229 Å². The summed E-state index contributed by atoms with van der Waals surface area (Å²) in [5.74, 6) is -0.870. The van der Waals surface area contributed by atoms with Crippen LogP contribution in [0, 0.1) is 0 Å². The van der Waals surface area contributed by atoms with Crippen LogP contribution in [0.3, 0.4) is 0 Å². The maximum absolute atomic E-state index is 13.2. The molecule has 14 nitrogen and oxygen atoms in total. The summed E-state index contributed by atoms with van der Waals surface area (Å²) in [6.07, 6.45) is 2.20. The maximum atomic E-state index is 13.2. The van der Waals surface area contributed by atoms with Crippen LogP contribution in [0.1, 0.15) is 34.5 Å². The Kier molecular flexibility index (Phi) is 10.1. The van der Waals surface area contributed by atoms with Crippen molar-refractivity contribution in [1.29, 1.82) is 0 Å². The Morgan fingerprint density at radius 3 is 2.62 bits per heavy atom. The molecule has 2 aliphatic rings. The van der Waals surface area contributed by atoms with Gasteiger partial charge in [0.2, 0.25) is 11.8 Å². The Bertz CT molecular complexity index is 1190. The normalized spacial score (nSPS) is 16.9. The number of fused-ring (bicyclic) bond motifs is 1. The number of hydrogen-bond acceptors (Lipinski definition) is 11. The lowest BCUT2D eigenvalue weighted by atomic mass is 10.0. The molecule has 0 spiro atoms. The first-order valence-electron chi connectivity index (χ1n) is 12.4. The van der Waals surface area contributed by atoms with Crippen LogP contribution in [0.25, 0.3) is 0 Å². The standard InChI is InChI=1S/C24H31ClN6O8/c1-36-19-10-17(22(25)16-13-31(24(35)21(16)19)18-2-3-20(33)27-23(18)34)26-11-15-12-30(29-28-15)4-5-37-6-7-38-8-9-39-14-32/h10,12,18,26,32H,2-9,11,13-14H2,1H3,(H,27,33,34). The summed E-state index contributed by atoms with van der Waals surface area (Å²) < 4.78 is 22.7. The van der Waals surface area contributed by atoms with Gasteiger partial charge in [-0.1, -0.05) is 16.8 Å². The number of rotatable bonds is 15. The van der Waals surface area contributed by atoms with Crippen molar-refractivity contribution in [1.82, 2.24) is 25.2 Å². The minimum Gasteiger partial charge on any atom is -0.496 e. The minimum atomic E-state index is -0.752. The van der Waals surface area contributed by atoms with E-state index in [2.05, 4.69) is 20.9 Å². The number of hydrogen-bond donors (Lipinski definition) is 3. The van der Waals surface area contributed by atoms with Gasteiger partial charge in [0.25, 0.3) is 5.91 Å². The number of benzene rings is 1. The Balaban J connectivity index is 1.31. The van der Waals surface area contributed by atoms with E-state index < -0.39 is 11.9 Å². The number of aromatic nitrogens is 3. The number of carbonyl (C=O) groups excluding carboxylic acids is 3. The van der Waals surface area contributed by atoms with Crippen LogP contribution in [0.15, 0.2) is 12.3 Å². The molecule has 15 heteroatoms. The lowest BCUT2D eigenvalue weighted by molar-refractivity contribution is -0.136. The summed E-state index contributed by atoms with van der Waals surface area (Å²) >= 11 is 6.69. The SMILES string of the molecule is COc1cc(NCc2cn(CCOCCOCCOCO)nn2)c(Cl)c2c1C(=O)N(C1CCC(=O)NC1=O)C2. The molecule has 0 bridgehead atoms. The molecule has 212 valence electrons. The fourth-order valence-corrected chi connectivity index (χ4v) is 4.63. The van der Waals surface area contributed by atoms with Gasteiger partial charge in [-0.2, -0.15) is 0 Å². The Morgan fingerprint density at radius 1 is 1.15 bits per heavy atom. The molecular weight excluding hydrogens is 536 g/mol. The van der Waals surface area contributed by atoms with Gasteiger partial charge >= 0.3 is 0 Å². The first kappa shape index (κ1) is 28.7. The number of imide groups is 1. The van der Waals surface area contributed by atoms with E-state index in [4.69, 9.17) is 35.7 Å². The number of halogens is 1. The lowest BCUT2D eigenvalue weighted by Crippen LogP contribution is -2.52. The molecule has 1 aromatic carbocycles. The largest absolute Gasteiger partial charge is 0.496 e. The monoisotopic (exact) mass is 566 g/mol. The molecule has 2 aliphatic heterocycles. The second-order valence-corrected chi connectivity index (χ2v) is 9.16. The number of piperidine rings is 1. The lowest BCUT2D eigenvalue weighted by Gasteiger charge is -2.29. The zero-order chi connectivity index (χ0) is 27.8. The molecule has 0 radical (unpaired) electrons. The molecule has 1 aromatic heterocycles. The summed E-state index contributed by atoms with van der Waals surface area (Å²) in [5.41, 5.74) is 2.08. The predicted molar refractivity (Wildman–Crippen MR) is 136 cm³/mol. The molecule has 1 saturated heterocycles. The molecule has 3 N–H and O–H groups in total. The van der Waals surface area contributed by atoms with E-state index in [0.29, 0.717) is 79.4 Å². The summed E-state index contributed by atoms with van der Waals surface area (Å²) in [6, 6.07) is 0.890. The van der Waals surface area contributed by atoms with E-state index in [0.717, 1.165) is 0 Å². The van der Waals surface area contributed by atoms with Gasteiger partial charge in [-0.05, 0) is 6.42 Å². The quantitative estimate of drug-likeness (QED) is 0.154. The zero-order valence-electron chi connectivity index (χ0n) is 21.5. The number of nitrogens with one attached hydrogen (secondary N) is 2. The third kappa shape index (κ3) is 7.02. The van der Waals surface area contributed by atoms with Gasteiger partial charge in [0.1, 0.15) is 24.3 Å². The van der Waals surface area contributed by atoms with E-state index in [1.807, 2.05) is 0 Å². The number of carbonyl (C=O) groups is 3. The fourth-order valence-electron chi connectivity index (χ4n) is 4.35. The van der Waals surface area contributed by atoms with Crippen molar-refractivity contribution in [2.45, 2.75) is 38.5 Å². The van der Waals surface area contributed by atoms with Crippen LogP contribution in [0.5, 0.6) is 5.75 Å². The number of aliphatic hydroxyl groups excluding tert-OH is 1. The summed E-state index contributed by atoms with van der Waals surface area (Å²) in [4.78, 5) is 38.5. The highest BCUT2D eigenvalue weighted by Gasteiger charge is 2.42. The van der Waals surface area contributed by atoms with Crippen molar-refractivity contribution in [3.05, 3.63) is 34.1 Å². The minimum absolute atomic E-state index is 0.128. The van der Waals surface area contributed by atoms with Crippen LogP contribution >= 0.6 is 11.6 Å². The number of aliphatic hydroxyl groups is 1. The van der Waals surface area contributed by atoms with Crippen molar-refractivity contribution in [3.8, 4) is 5.75 Å². The first-order chi connectivity index (χ1) is 18.9. The van der Waals surface area contributed by atoms with Gasteiger partial charge in [0.15, 0.2) is 0 Å². The van der Waals surface area contributed by atoms with E-state index in [1.54, 1.807) is 16.9 Å². The molecule has 3 amide bonds. The number of nitrogens with zero attached hydrogens (tertiary/aromatic N) is 4. The van der Waals surface area contributed by atoms with E-state index in [1.165, 1.54) is 12.0 Å². The smallest absolute Gasteiger partial charge is 0.259 e. The molecule has 4 rings (SSSR count). The van der Waals surface area contributed by atoms with Gasteiger partial charge in [-0.15, -0.1) is 5.10 Å². The molecule has 2 aromatic rings. The average Bonchev–Trinajstić information content (AvgIpc) is 3.52. The van der Waals surface area contributed by atoms with Gasteiger partial charge < -0.3 is 34.3 Å². The van der Waals surface area contributed by atoms with Gasteiger partial charge in [-0.25, -0.2) is 4.68 Å². The number of anilines is 1. The van der Waals surface area contributed by atoms with Gasteiger partial charge in [-0.3, -0.25) is 19.7 Å². The molecule has 1 atom stereocenters. The molecular formula is C24H31ClN6O8. The fraction of sp³-hybridized carbons (Fsp3) is 0.542. The van der Waals surface area contributed by atoms with Crippen LogP contribution in [-0.4, -0.2) is 95.7 Å². The van der Waals surface area contributed by atoms with Crippen LogP contribution in [0.4, 0.5) is 5.69 Å². The second-order valence-electron chi connectivity index (χ2n) is 8.78. The summed E-state index contributed by atoms with van der Waals surface area (Å²) in [7, 11) is 1.46. The number of amides is 3. The Morgan fingerprint density at radius 2 is 1.90 bits per heavy atom. The molecule has 39 heavy (non-hydrogen) atoms. The van der Waals surface area contributed by atoms with E-state index >= 15 is 0 Å². The number of ether oxygens (including phenoxy) is 4. The number of methoxy groups -OCH3 is 1. The third-order valence-electron chi connectivity index (χ3n) is 6.28. The highest BCUT2D eigenvalue weighted by molar-refractivity contribution is 6.35. The average molecular weight is 567 g/mol. The molecule has 0 aliphatic carbocycles. The predicted octanol–water partition coefficient (Wildman–Crippen LogP) is 0.313. The zero-order valence-corrected chi connectivity index (χ0v) is 22.2. The van der Waals surface area contributed by atoms with Crippen molar-refractivity contribution in [2.24, 2.45) is 0 Å². The van der Waals surface area contributed by atoms with Gasteiger partial charge in [0, 0.05) is 24.6 Å². The van der Waals surface area contributed by atoms with Crippen LogP contribution in [-0.2, 0) is 43.4 Å². The van der Waals surface area contributed by atoms with Crippen molar-refractivity contribution in [2.75, 3.05) is 52.3 Å². The summed E-state index contributed by atoms with van der Waals surface area (Å²) in [5, 5.41) is 22.6. The Hall–Kier alpha value is -3.30. The second kappa shape index (κ2) is 13.7. The van der Waals surface area contributed by atoms with E-state index in [-0.39, 0.29) is 38.0 Å². The molecule has 3 heterocycles. The van der Waals surface area contributed by atoms with Crippen molar-refractivity contribution in [3.63, 3.8) is 0 Å². The van der Waals surface area contributed by atoms with Crippen molar-refractivity contribution >= 4 is 35.0 Å². The van der Waals surface area contributed by atoms with E-state index in [9.17, 15) is 14.4 Å². The van der Waals surface area contributed by atoms with Crippen molar-refractivity contribution < 1.29 is 38.4 Å². The maximum Gasteiger partial charge on any atom is 0.259 e. The molecule has 1 unspecified atom stereocenters. The molecule has 0 saturated carbocycles. The highest BCUT2D eigenvalue weighted by atomic mass is 35.5.